The monoisotopic (exact) mass is 218 g/mol. The van der Waals surface area contributed by atoms with E-state index in [1.807, 2.05) is 25.7 Å². The highest BCUT2D eigenvalue weighted by Gasteiger charge is 2.17. The summed E-state index contributed by atoms with van der Waals surface area (Å²) < 4.78 is 0. The number of amides is 1. The Labute approximate surface area is 91.4 Å². The molecule has 0 aliphatic carbocycles. The smallest absolute Gasteiger partial charge is 0.235 e. The Balaban J connectivity index is 3.84. The molecule has 0 radical (unpaired) electrons. The quantitative estimate of drug-likeness (QED) is 0.656. The second kappa shape index (κ2) is 8.12. The van der Waals surface area contributed by atoms with Gasteiger partial charge in [-0.3, -0.25) is 4.79 Å². The molecule has 1 unspecified atom stereocenters. The minimum Gasteiger partial charge on any atom is -0.342 e. The maximum absolute atomic E-state index is 11.8. The number of carbonyl (C=O) groups excluding carboxylic acids is 1. The number of nitrogens with zero attached hydrogens (tertiary/aromatic N) is 1. The van der Waals surface area contributed by atoms with E-state index in [1.165, 1.54) is 0 Å². The number of carbonyl (C=O) groups is 1. The van der Waals surface area contributed by atoms with Gasteiger partial charge in [-0.25, -0.2) is 0 Å². The van der Waals surface area contributed by atoms with Gasteiger partial charge in [0.15, 0.2) is 0 Å². The van der Waals surface area contributed by atoms with Gasteiger partial charge in [-0.1, -0.05) is 0 Å². The molecule has 0 heterocycles. The molecule has 0 aromatic heterocycles. The predicted molar refractivity (Wildman–Crippen MR) is 63.5 cm³/mol. The van der Waals surface area contributed by atoms with Crippen molar-refractivity contribution in [3.05, 3.63) is 0 Å². The molecule has 3 nitrogen and oxygen atoms in total. The first-order chi connectivity index (χ1) is 6.67. The van der Waals surface area contributed by atoms with Gasteiger partial charge in [0.05, 0.1) is 5.25 Å². The molecule has 0 aliphatic rings. The molecule has 4 heteroatoms. The van der Waals surface area contributed by atoms with Crippen molar-refractivity contribution in [1.29, 1.82) is 0 Å². The van der Waals surface area contributed by atoms with Gasteiger partial charge in [-0.2, -0.15) is 0 Å². The van der Waals surface area contributed by atoms with Crippen molar-refractivity contribution in [2.24, 2.45) is 5.73 Å². The molecule has 0 aromatic carbocycles. The highest BCUT2D eigenvalue weighted by molar-refractivity contribution is 8.00. The largest absolute Gasteiger partial charge is 0.342 e. The normalized spacial score (nSPS) is 12.6. The van der Waals surface area contributed by atoms with Crippen LogP contribution in [0.2, 0.25) is 0 Å². The lowest BCUT2D eigenvalue weighted by Crippen LogP contribution is -2.36. The van der Waals surface area contributed by atoms with Crippen LogP contribution in [0.25, 0.3) is 0 Å². The fraction of sp³-hybridized carbons (Fsp3) is 0.900. The van der Waals surface area contributed by atoms with E-state index >= 15 is 0 Å². The molecular weight excluding hydrogens is 196 g/mol. The predicted octanol–water partition coefficient (Wildman–Crippen LogP) is 1.33. The van der Waals surface area contributed by atoms with Crippen LogP contribution < -0.4 is 5.73 Å². The van der Waals surface area contributed by atoms with Gasteiger partial charge >= 0.3 is 0 Å². The Morgan fingerprint density at radius 2 is 2.00 bits per heavy atom. The summed E-state index contributed by atoms with van der Waals surface area (Å²) >= 11 is 1.70. The zero-order valence-electron chi connectivity index (χ0n) is 9.45. The molecule has 0 saturated carbocycles. The molecule has 0 rings (SSSR count). The summed E-state index contributed by atoms with van der Waals surface area (Å²) in [6, 6.07) is 0. The van der Waals surface area contributed by atoms with Crippen LogP contribution in [0.4, 0.5) is 0 Å². The lowest BCUT2D eigenvalue weighted by molar-refractivity contribution is -0.129. The third kappa shape index (κ3) is 4.86. The van der Waals surface area contributed by atoms with E-state index in [2.05, 4.69) is 0 Å². The van der Waals surface area contributed by atoms with Gasteiger partial charge in [0.25, 0.3) is 0 Å². The van der Waals surface area contributed by atoms with Crippen molar-refractivity contribution in [2.75, 3.05) is 25.4 Å². The fourth-order valence-corrected chi connectivity index (χ4v) is 2.19. The zero-order chi connectivity index (χ0) is 11.0. The number of hydrogen-bond donors (Lipinski definition) is 1. The van der Waals surface area contributed by atoms with Gasteiger partial charge < -0.3 is 10.6 Å². The van der Waals surface area contributed by atoms with Crippen LogP contribution in [0.5, 0.6) is 0 Å². The van der Waals surface area contributed by atoms with E-state index in [9.17, 15) is 4.79 Å². The molecular formula is C10H22N2OS. The Kier molecular flexibility index (Phi) is 7.99. The van der Waals surface area contributed by atoms with Crippen LogP contribution in [0, 0.1) is 0 Å². The van der Waals surface area contributed by atoms with Crippen molar-refractivity contribution in [2.45, 2.75) is 32.4 Å². The maximum atomic E-state index is 11.8. The third-order valence-corrected chi connectivity index (χ3v) is 3.37. The molecule has 0 aliphatic heterocycles. The maximum Gasteiger partial charge on any atom is 0.235 e. The molecule has 84 valence electrons. The molecule has 0 aromatic rings. The van der Waals surface area contributed by atoms with Crippen molar-refractivity contribution in [1.82, 2.24) is 4.90 Å². The number of hydrogen-bond acceptors (Lipinski definition) is 3. The number of thioether (sulfide) groups is 1. The summed E-state index contributed by atoms with van der Waals surface area (Å²) in [5, 5.41) is 0.0708. The molecule has 0 saturated heterocycles. The fourth-order valence-electron chi connectivity index (χ4n) is 1.21. The van der Waals surface area contributed by atoms with E-state index in [0.29, 0.717) is 6.54 Å². The van der Waals surface area contributed by atoms with Gasteiger partial charge in [0.1, 0.15) is 0 Å². The van der Waals surface area contributed by atoms with Crippen LogP contribution in [0.1, 0.15) is 27.2 Å². The standard InChI is InChI=1S/C10H22N2OS/c1-4-12(5-2)10(13)9(3)14-8-6-7-11/h9H,4-8,11H2,1-3H3. The second-order valence-electron chi connectivity index (χ2n) is 3.17. The Morgan fingerprint density at radius 1 is 1.43 bits per heavy atom. The summed E-state index contributed by atoms with van der Waals surface area (Å²) in [7, 11) is 0. The molecule has 2 N–H and O–H groups in total. The molecule has 1 atom stereocenters. The lowest BCUT2D eigenvalue weighted by Gasteiger charge is -2.22. The summed E-state index contributed by atoms with van der Waals surface area (Å²) in [5.74, 6) is 1.22. The molecule has 1 amide bonds. The zero-order valence-corrected chi connectivity index (χ0v) is 10.3. The van der Waals surface area contributed by atoms with Crippen LogP contribution >= 0.6 is 11.8 Å². The van der Waals surface area contributed by atoms with Crippen molar-refractivity contribution >= 4 is 17.7 Å². The number of rotatable bonds is 7. The van der Waals surface area contributed by atoms with Crippen LogP contribution in [0.15, 0.2) is 0 Å². The van der Waals surface area contributed by atoms with Crippen molar-refractivity contribution < 1.29 is 4.79 Å². The summed E-state index contributed by atoms with van der Waals surface area (Å²) in [5.41, 5.74) is 5.39. The van der Waals surface area contributed by atoms with Crippen LogP contribution in [0.3, 0.4) is 0 Å². The average Bonchev–Trinajstić information content (AvgIpc) is 2.19. The Hall–Kier alpha value is -0.220. The lowest BCUT2D eigenvalue weighted by atomic mass is 10.4. The SMILES string of the molecule is CCN(CC)C(=O)C(C)SCCCN. The Morgan fingerprint density at radius 3 is 2.43 bits per heavy atom. The minimum absolute atomic E-state index is 0.0708. The minimum atomic E-state index is 0.0708. The molecule has 0 bridgehead atoms. The molecule has 14 heavy (non-hydrogen) atoms. The summed E-state index contributed by atoms with van der Waals surface area (Å²) in [6.07, 6.45) is 0.987. The van der Waals surface area contributed by atoms with E-state index < -0.39 is 0 Å². The van der Waals surface area contributed by atoms with Crippen molar-refractivity contribution in [3.63, 3.8) is 0 Å². The first kappa shape index (κ1) is 13.8. The first-order valence-corrected chi connectivity index (χ1v) is 6.32. The van der Waals surface area contributed by atoms with E-state index in [0.717, 1.165) is 25.3 Å². The van der Waals surface area contributed by atoms with E-state index in [1.54, 1.807) is 11.8 Å². The highest BCUT2D eigenvalue weighted by Crippen LogP contribution is 2.13. The third-order valence-electron chi connectivity index (χ3n) is 2.14. The highest BCUT2D eigenvalue weighted by atomic mass is 32.2. The van der Waals surface area contributed by atoms with Gasteiger partial charge in [0, 0.05) is 13.1 Å². The van der Waals surface area contributed by atoms with Gasteiger partial charge in [-0.15, -0.1) is 11.8 Å². The Bertz CT molecular complexity index is 160. The summed E-state index contributed by atoms with van der Waals surface area (Å²) in [4.78, 5) is 13.6. The molecule has 0 fully saturated rings. The topological polar surface area (TPSA) is 46.3 Å². The number of nitrogens with two attached hydrogens (primary N) is 1. The van der Waals surface area contributed by atoms with Crippen molar-refractivity contribution in [3.8, 4) is 0 Å². The van der Waals surface area contributed by atoms with E-state index in [-0.39, 0.29) is 11.2 Å². The summed E-state index contributed by atoms with van der Waals surface area (Å²) in [6.45, 7) is 8.31. The van der Waals surface area contributed by atoms with Gasteiger partial charge in [-0.05, 0) is 39.5 Å². The van der Waals surface area contributed by atoms with Gasteiger partial charge in [0.2, 0.25) is 5.91 Å². The molecule has 0 spiro atoms. The van der Waals surface area contributed by atoms with Crippen LogP contribution in [-0.4, -0.2) is 41.4 Å². The first-order valence-electron chi connectivity index (χ1n) is 5.27. The van der Waals surface area contributed by atoms with Crippen LogP contribution in [-0.2, 0) is 4.79 Å². The average molecular weight is 218 g/mol. The van der Waals surface area contributed by atoms with E-state index in [4.69, 9.17) is 5.73 Å². The second-order valence-corrected chi connectivity index (χ2v) is 4.61.